The molecule has 0 bridgehead atoms. The molecule has 0 aliphatic carbocycles. The highest BCUT2D eigenvalue weighted by Crippen LogP contribution is 2.29. The van der Waals surface area contributed by atoms with Crippen LogP contribution in [0.15, 0.2) is 22.7 Å². The van der Waals surface area contributed by atoms with Crippen LogP contribution in [-0.2, 0) is 11.3 Å². The topological polar surface area (TPSA) is 72.3 Å². The number of nitrogens with zero attached hydrogens (tertiary/aromatic N) is 1. The number of hydrogen-bond acceptors (Lipinski definition) is 3. The number of primary amides is 1. The molecule has 2 rings (SSSR count). The minimum atomic E-state index is -0.211. The van der Waals surface area contributed by atoms with Crippen molar-refractivity contribution in [2.24, 2.45) is 17.4 Å². The van der Waals surface area contributed by atoms with Gasteiger partial charge in [-0.25, -0.2) is 0 Å². The quantitative estimate of drug-likeness (QED) is 0.881. The van der Waals surface area contributed by atoms with Crippen molar-refractivity contribution < 1.29 is 4.79 Å². The fraction of sp³-hybridized carbons (Fsp3) is 0.417. The standard InChI is InChI=1S/C12H16BrN3O/c13-10-2-1-8(6-14)11(5-10)16-4-3-9(7-16)12(15)17/h1-2,5,9H,3-4,6-7,14H2,(H2,15,17). The predicted octanol–water partition coefficient (Wildman–Crippen LogP) is 1.22. The summed E-state index contributed by atoms with van der Waals surface area (Å²) in [7, 11) is 0. The molecule has 1 aliphatic heterocycles. The Morgan fingerprint density at radius 1 is 1.53 bits per heavy atom. The number of carbonyl (C=O) groups excluding carboxylic acids is 1. The zero-order valence-electron chi connectivity index (χ0n) is 9.53. The van der Waals surface area contributed by atoms with E-state index in [0.717, 1.165) is 28.7 Å². The maximum absolute atomic E-state index is 11.2. The van der Waals surface area contributed by atoms with Gasteiger partial charge in [0.1, 0.15) is 0 Å². The Balaban J connectivity index is 2.23. The third-order valence-corrected chi connectivity index (χ3v) is 3.69. The van der Waals surface area contributed by atoms with E-state index in [1.54, 1.807) is 0 Å². The van der Waals surface area contributed by atoms with Gasteiger partial charge >= 0.3 is 0 Å². The van der Waals surface area contributed by atoms with Gasteiger partial charge in [-0.2, -0.15) is 0 Å². The first kappa shape index (κ1) is 12.4. The average molecular weight is 298 g/mol. The second-order valence-corrected chi connectivity index (χ2v) is 5.23. The maximum atomic E-state index is 11.2. The molecule has 92 valence electrons. The molecular weight excluding hydrogens is 282 g/mol. The number of amides is 1. The van der Waals surface area contributed by atoms with E-state index in [-0.39, 0.29) is 11.8 Å². The van der Waals surface area contributed by atoms with Gasteiger partial charge in [-0.1, -0.05) is 22.0 Å². The molecule has 1 fully saturated rings. The number of halogens is 1. The molecule has 0 aromatic heterocycles. The van der Waals surface area contributed by atoms with Crippen molar-refractivity contribution in [1.82, 2.24) is 0 Å². The molecule has 1 unspecified atom stereocenters. The van der Waals surface area contributed by atoms with Crippen LogP contribution in [0.25, 0.3) is 0 Å². The third-order valence-electron chi connectivity index (χ3n) is 3.20. The molecule has 17 heavy (non-hydrogen) atoms. The molecule has 1 saturated heterocycles. The zero-order valence-corrected chi connectivity index (χ0v) is 11.1. The van der Waals surface area contributed by atoms with Crippen molar-refractivity contribution in [2.75, 3.05) is 18.0 Å². The van der Waals surface area contributed by atoms with Gasteiger partial charge in [0.05, 0.1) is 5.92 Å². The lowest BCUT2D eigenvalue weighted by Gasteiger charge is -2.21. The second-order valence-electron chi connectivity index (χ2n) is 4.31. The lowest BCUT2D eigenvalue weighted by molar-refractivity contribution is -0.121. The SMILES string of the molecule is NCc1ccc(Br)cc1N1CCC(C(N)=O)C1. The van der Waals surface area contributed by atoms with E-state index < -0.39 is 0 Å². The first-order chi connectivity index (χ1) is 8.11. The van der Waals surface area contributed by atoms with Crippen LogP contribution in [0.2, 0.25) is 0 Å². The van der Waals surface area contributed by atoms with Gasteiger partial charge in [0.2, 0.25) is 5.91 Å². The Kier molecular flexibility index (Phi) is 3.69. The summed E-state index contributed by atoms with van der Waals surface area (Å²) in [5.74, 6) is -0.253. The number of nitrogens with two attached hydrogens (primary N) is 2. The van der Waals surface area contributed by atoms with Crippen molar-refractivity contribution in [3.05, 3.63) is 28.2 Å². The molecule has 4 nitrogen and oxygen atoms in total. The fourth-order valence-corrected chi connectivity index (χ4v) is 2.56. The van der Waals surface area contributed by atoms with Crippen LogP contribution in [0.1, 0.15) is 12.0 Å². The highest BCUT2D eigenvalue weighted by molar-refractivity contribution is 9.10. The fourth-order valence-electron chi connectivity index (χ4n) is 2.22. The summed E-state index contributed by atoms with van der Waals surface area (Å²) in [4.78, 5) is 13.3. The molecule has 1 aliphatic rings. The molecule has 1 aromatic carbocycles. The van der Waals surface area contributed by atoms with E-state index >= 15 is 0 Å². The highest BCUT2D eigenvalue weighted by Gasteiger charge is 2.27. The summed E-state index contributed by atoms with van der Waals surface area (Å²) in [5.41, 5.74) is 13.3. The van der Waals surface area contributed by atoms with Crippen molar-refractivity contribution >= 4 is 27.5 Å². The van der Waals surface area contributed by atoms with Gasteiger partial charge in [0.15, 0.2) is 0 Å². The van der Waals surface area contributed by atoms with Crippen LogP contribution >= 0.6 is 15.9 Å². The molecule has 1 amide bonds. The summed E-state index contributed by atoms with van der Waals surface area (Å²) < 4.78 is 1.02. The molecular formula is C12H16BrN3O. The minimum absolute atomic E-state index is 0.0420. The van der Waals surface area contributed by atoms with E-state index in [0.29, 0.717) is 13.1 Å². The maximum Gasteiger partial charge on any atom is 0.222 e. The monoisotopic (exact) mass is 297 g/mol. The van der Waals surface area contributed by atoms with Gasteiger partial charge in [-0.15, -0.1) is 0 Å². The van der Waals surface area contributed by atoms with Crippen LogP contribution in [0.5, 0.6) is 0 Å². The third kappa shape index (κ3) is 2.61. The van der Waals surface area contributed by atoms with Crippen LogP contribution in [0, 0.1) is 5.92 Å². The first-order valence-electron chi connectivity index (χ1n) is 5.64. The van der Waals surface area contributed by atoms with Gasteiger partial charge in [-0.3, -0.25) is 4.79 Å². The predicted molar refractivity (Wildman–Crippen MR) is 71.5 cm³/mol. The zero-order chi connectivity index (χ0) is 12.4. The average Bonchev–Trinajstić information content (AvgIpc) is 2.78. The number of hydrogen-bond donors (Lipinski definition) is 2. The van der Waals surface area contributed by atoms with Crippen LogP contribution in [0.3, 0.4) is 0 Å². The second kappa shape index (κ2) is 5.06. The summed E-state index contributed by atoms with van der Waals surface area (Å²) in [5, 5.41) is 0. The van der Waals surface area contributed by atoms with E-state index in [4.69, 9.17) is 11.5 Å². The Morgan fingerprint density at radius 2 is 2.29 bits per heavy atom. The first-order valence-corrected chi connectivity index (χ1v) is 6.44. The number of benzene rings is 1. The van der Waals surface area contributed by atoms with Gasteiger partial charge < -0.3 is 16.4 Å². The van der Waals surface area contributed by atoms with E-state index in [1.807, 2.05) is 18.2 Å². The molecule has 1 aromatic rings. The van der Waals surface area contributed by atoms with Crippen molar-refractivity contribution in [3.8, 4) is 0 Å². The van der Waals surface area contributed by atoms with Crippen LogP contribution < -0.4 is 16.4 Å². The molecule has 1 atom stereocenters. The smallest absolute Gasteiger partial charge is 0.222 e. The summed E-state index contributed by atoms with van der Waals surface area (Å²) in [6, 6.07) is 6.04. The number of anilines is 1. The Hall–Kier alpha value is -1.07. The minimum Gasteiger partial charge on any atom is -0.370 e. The van der Waals surface area contributed by atoms with Gasteiger partial charge in [0.25, 0.3) is 0 Å². The van der Waals surface area contributed by atoms with E-state index in [9.17, 15) is 4.79 Å². The van der Waals surface area contributed by atoms with Crippen molar-refractivity contribution in [3.63, 3.8) is 0 Å². The molecule has 1 heterocycles. The van der Waals surface area contributed by atoms with E-state index in [2.05, 4.69) is 20.8 Å². The largest absolute Gasteiger partial charge is 0.370 e. The lowest BCUT2D eigenvalue weighted by atomic mass is 10.1. The normalized spacial score (nSPS) is 19.6. The Morgan fingerprint density at radius 3 is 2.88 bits per heavy atom. The van der Waals surface area contributed by atoms with Crippen molar-refractivity contribution in [2.45, 2.75) is 13.0 Å². The summed E-state index contributed by atoms with van der Waals surface area (Å²) >= 11 is 3.46. The molecule has 5 heteroatoms. The molecule has 4 N–H and O–H groups in total. The summed E-state index contributed by atoms with van der Waals surface area (Å²) in [6.45, 7) is 2.05. The van der Waals surface area contributed by atoms with E-state index in [1.165, 1.54) is 0 Å². The summed E-state index contributed by atoms with van der Waals surface area (Å²) in [6.07, 6.45) is 0.825. The molecule has 0 radical (unpaired) electrons. The number of carbonyl (C=O) groups is 1. The molecule has 0 saturated carbocycles. The highest BCUT2D eigenvalue weighted by atomic mass is 79.9. The van der Waals surface area contributed by atoms with Crippen molar-refractivity contribution in [1.29, 1.82) is 0 Å². The Bertz CT molecular complexity index is 436. The lowest BCUT2D eigenvalue weighted by Crippen LogP contribution is -2.28. The Labute approximate surface area is 109 Å². The molecule has 0 spiro atoms. The van der Waals surface area contributed by atoms with Gasteiger partial charge in [0, 0.05) is 29.8 Å². The number of rotatable bonds is 3. The van der Waals surface area contributed by atoms with Crippen LogP contribution in [0.4, 0.5) is 5.69 Å². The van der Waals surface area contributed by atoms with Crippen LogP contribution in [-0.4, -0.2) is 19.0 Å². The van der Waals surface area contributed by atoms with Gasteiger partial charge in [-0.05, 0) is 24.1 Å².